The van der Waals surface area contributed by atoms with Crippen molar-refractivity contribution in [3.8, 4) is 11.1 Å². The van der Waals surface area contributed by atoms with E-state index in [1.807, 2.05) is 49.1 Å². The Morgan fingerprint density at radius 1 is 1.08 bits per heavy atom. The molecule has 11 heteroatoms. The molecule has 0 bridgehead atoms. The van der Waals surface area contributed by atoms with E-state index in [4.69, 9.17) is 16.2 Å². The van der Waals surface area contributed by atoms with Gasteiger partial charge in [0.05, 0.1) is 17.2 Å². The highest BCUT2D eigenvalue weighted by molar-refractivity contribution is 7.89. The van der Waals surface area contributed by atoms with Gasteiger partial charge in [-0.05, 0) is 48.2 Å². The number of rotatable bonds is 10. The zero-order valence-electron chi connectivity index (χ0n) is 22.3. The number of nitrogens with two attached hydrogens (primary N) is 2. The van der Waals surface area contributed by atoms with Crippen LogP contribution in [0.4, 0.5) is 10.5 Å². The number of benzene rings is 2. The third kappa shape index (κ3) is 6.48. The van der Waals surface area contributed by atoms with Crippen molar-refractivity contribution in [2.75, 3.05) is 32.8 Å². The Hall–Kier alpha value is -3.70. The van der Waals surface area contributed by atoms with Gasteiger partial charge >= 0.3 is 6.09 Å². The predicted molar refractivity (Wildman–Crippen MR) is 151 cm³/mol. The molecule has 2 aliphatic heterocycles. The molecule has 1 saturated heterocycles. The van der Waals surface area contributed by atoms with E-state index in [-0.39, 0.29) is 42.8 Å². The molecule has 2 aliphatic rings. The Morgan fingerprint density at radius 3 is 2.44 bits per heavy atom. The summed E-state index contributed by atoms with van der Waals surface area (Å²) in [6, 6.07) is 12.3. The summed E-state index contributed by atoms with van der Waals surface area (Å²) in [5.41, 5.74) is 14.7. The number of nitrogens with zero attached hydrogens (tertiary/aromatic N) is 3. The fourth-order valence-electron chi connectivity index (χ4n) is 4.77. The first kappa shape index (κ1) is 28.3. The van der Waals surface area contributed by atoms with Gasteiger partial charge in [0.1, 0.15) is 5.84 Å². The minimum absolute atomic E-state index is 0.0268. The fourth-order valence-corrected chi connectivity index (χ4v) is 6.41. The molecule has 2 aromatic rings. The molecule has 0 spiro atoms. The van der Waals surface area contributed by atoms with Crippen LogP contribution in [-0.4, -0.2) is 68.2 Å². The minimum Gasteiger partial charge on any atom is -0.449 e. The zero-order chi connectivity index (χ0) is 28.2. The van der Waals surface area contributed by atoms with Gasteiger partial charge in [0.2, 0.25) is 15.9 Å². The monoisotopic (exact) mass is 553 g/mol. The van der Waals surface area contributed by atoms with Crippen molar-refractivity contribution in [1.29, 1.82) is 0 Å². The number of aliphatic imine (C=N–C) groups is 1. The maximum atomic E-state index is 13.2. The molecule has 0 radical (unpaired) electrons. The van der Waals surface area contributed by atoms with Crippen LogP contribution in [0.1, 0.15) is 38.7 Å². The van der Waals surface area contributed by atoms with Crippen LogP contribution in [0.15, 0.2) is 57.9 Å². The quantitative estimate of drug-likeness (QED) is 0.460. The molecule has 4 rings (SSSR count). The van der Waals surface area contributed by atoms with Crippen molar-refractivity contribution in [1.82, 2.24) is 9.21 Å². The molecule has 39 heavy (non-hydrogen) atoms. The van der Waals surface area contributed by atoms with Gasteiger partial charge in [-0.25, -0.2) is 18.2 Å². The predicted octanol–water partition coefficient (Wildman–Crippen LogP) is 3.49. The van der Waals surface area contributed by atoms with E-state index in [1.165, 1.54) is 4.31 Å². The summed E-state index contributed by atoms with van der Waals surface area (Å²) in [7, 11) is -3.71. The van der Waals surface area contributed by atoms with E-state index in [9.17, 15) is 18.0 Å². The Morgan fingerprint density at radius 2 is 1.77 bits per heavy atom. The third-order valence-electron chi connectivity index (χ3n) is 6.73. The molecule has 0 atom stereocenters. The average molecular weight is 554 g/mol. The van der Waals surface area contributed by atoms with Crippen LogP contribution in [-0.2, 0) is 19.6 Å². The molecule has 10 nitrogen and oxygen atoms in total. The SMILES string of the molecule is CCCN(CCC)C(=O)C1=Cc2ccc(-c3cccc(S(=O)(=O)N4CC(COC(N)=O)C4)c3)cc2N=C(N)C1. The lowest BCUT2D eigenvalue weighted by Crippen LogP contribution is -2.51. The largest absolute Gasteiger partial charge is 0.449 e. The Bertz CT molecular complexity index is 1410. The van der Waals surface area contributed by atoms with Crippen LogP contribution in [0.3, 0.4) is 0 Å². The molecule has 0 aliphatic carbocycles. The Labute approximate surface area is 229 Å². The van der Waals surface area contributed by atoms with Gasteiger partial charge in [-0.1, -0.05) is 38.1 Å². The molecule has 208 valence electrons. The lowest BCUT2D eigenvalue weighted by Gasteiger charge is -2.37. The van der Waals surface area contributed by atoms with Gasteiger partial charge < -0.3 is 21.1 Å². The maximum Gasteiger partial charge on any atom is 0.404 e. The molecule has 2 heterocycles. The van der Waals surface area contributed by atoms with Crippen molar-refractivity contribution in [3.05, 3.63) is 53.6 Å². The van der Waals surface area contributed by atoms with Crippen molar-refractivity contribution < 1.29 is 22.7 Å². The van der Waals surface area contributed by atoms with Gasteiger partial charge in [-0.15, -0.1) is 0 Å². The lowest BCUT2D eigenvalue weighted by molar-refractivity contribution is -0.127. The third-order valence-corrected chi connectivity index (χ3v) is 8.56. The number of amides is 2. The summed E-state index contributed by atoms with van der Waals surface area (Å²) in [5, 5.41) is 0. The smallest absolute Gasteiger partial charge is 0.404 e. The van der Waals surface area contributed by atoms with Crippen LogP contribution in [0.25, 0.3) is 17.2 Å². The first-order valence-electron chi connectivity index (χ1n) is 13.1. The number of fused-ring (bicyclic) bond motifs is 1. The summed E-state index contributed by atoms with van der Waals surface area (Å²) in [4.78, 5) is 30.6. The second-order valence-corrected chi connectivity index (χ2v) is 11.8. The van der Waals surface area contributed by atoms with Crippen LogP contribution >= 0.6 is 0 Å². The number of carbonyl (C=O) groups is 2. The number of carbonyl (C=O) groups excluding carboxylic acids is 2. The lowest BCUT2D eigenvalue weighted by atomic mass is 10.0. The van der Waals surface area contributed by atoms with Crippen molar-refractivity contribution >= 4 is 39.6 Å². The van der Waals surface area contributed by atoms with Crippen molar-refractivity contribution in [2.24, 2.45) is 22.4 Å². The maximum absolute atomic E-state index is 13.2. The van der Waals surface area contributed by atoms with Crippen molar-refractivity contribution in [3.63, 3.8) is 0 Å². The molecule has 0 saturated carbocycles. The van der Waals surface area contributed by atoms with E-state index >= 15 is 0 Å². The van der Waals surface area contributed by atoms with E-state index in [2.05, 4.69) is 4.99 Å². The summed E-state index contributed by atoms with van der Waals surface area (Å²) in [6.07, 6.45) is 3.00. The fraction of sp³-hybridized carbons (Fsp3) is 0.393. The summed E-state index contributed by atoms with van der Waals surface area (Å²) in [6.45, 7) is 6.08. The normalized spacial score (nSPS) is 15.8. The molecule has 2 aromatic carbocycles. The van der Waals surface area contributed by atoms with E-state index < -0.39 is 16.1 Å². The zero-order valence-corrected chi connectivity index (χ0v) is 23.1. The molecular formula is C28H35N5O5S. The molecule has 0 unspecified atom stereocenters. The summed E-state index contributed by atoms with van der Waals surface area (Å²) < 4.78 is 32.5. The average Bonchev–Trinajstić information content (AvgIpc) is 3.04. The molecular weight excluding hydrogens is 518 g/mol. The number of hydrogen-bond donors (Lipinski definition) is 2. The molecule has 2 amide bonds. The van der Waals surface area contributed by atoms with Gasteiger partial charge in [0.25, 0.3) is 0 Å². The van der Waals surface area contributed by atoms with Gasteiger partial charge in [-0.2, -0.15) is 4.31 Å². The summed E-state index contributed by atoms with van der Waals surface area (Å²) >= 11 is 0. The van der Waals surface area contributed by atoms with E-state index in [0.717, 1.165) is 24.0 Å². The van der Waals surface area contributed by atoms with E-state index in [1.54, 1.807) is 18.2 Å². The first-order valence-corrected chi connectivity index (χ1v) is 14.6. The van der Waals surface area contributed by atoms with Gasteiger partial charge in [0, 0.05) is 49.7 Å². The Kier molecular flexibility index (Phi) is 8.71. The van der Waals surface area contributed by atoms with Gasteiger partial charge in [0.15, 0.2) is 0 Å². The topological polar surface area (TPSA) is 148 Å². The highest BCUT2D eigenvalue weighted by Crippen LogP contribution is 2.34. The highest BCUT2D eigenvalue weighted by Gasteiger charge is 2.37. The molecule has 1 fully saturated rings. The number of hydrogen-bond acceptors (Lipinski definition) is 7. The summed E-state index contributed by atoms with van der Waals surface area (Å²) in [5.74, 6) is 0.243. The number of amidine groups is 1. The second kappa shape index (κ2) is 12.0. The number of primary amides is 1. The number of sulfonamides is 1. The van der Waals surface area contributed by atoms with Crippen LogP contribution in [0.5, 0.6) is 0 Å². The van der Waals surface area contributed by atoms with Crippen molar-refractivity contribution in [2.45, 2.75) is 38.0 Å². The Balaban J connectivity index is 1.57. The second-order valence-electron chi connectivity index (χ2n) is 9.86. The van der Waals surface area contributed by atoms with Crippen LogP contribution in [0, 0.1) is 5.92 Å². The van der Waals surface area contributed by atoms with Gasteiger partial charge in [-0.3, -0.25) is 4.79 Å². The number of ether oxygens (including phenoxy) is 1. The van der Waals surface area contributed by atoms with Crippen LogP contribution < -0.4 is 11.5 Å². The highest BCUT2D eigenvalue weighted by atomic mass is 32.2. The minimum atomic E-state index is -3.71. The first-order chi connectivity index (χ1) is 18.6. The molecule has 0 aromatic heterocycles. The van der Waals surface area contributed by atoms with Crippen LogP contribution in [0.2, 0.25) is 0 Å². The standard InChI is InChI=1S/C28H35N5O5S/c1-3-10-32(11-4-2)27(34)23-12-22-9-8-21(14-25(22)31-26(29)15-23)20-6-5-7-24(13-20)39(36,37)33-16-19(17-33)18-38-28(30)35/h5-9,12-14,19H,3-4,10-11,15-18H2,1-2H3,(H2,29,31)(H2,30,35). The molecule has 4 N–H and O–H groups in total. The van der Waals surface area contributed by atoms with E-state index in [0.29, 0.717) is 35.7 Å².